The van der Waals surface area contributed by atoms with Crippen molar-refractivity contribution in [1.82, 2.24) is 4.31 Å². The van der Waals surface area contributed by atoms with Crippen LogP contribution in [0.15, 0.2) is 53.4 Å². The van der Waals surface area contributed by atoms with Crippen molar-refractivity contribution in [3.63, 3.8) is 0 Å². The van der Waals surface area contributed by atoms with Gasteiger partial charge in [-0.25, -0.2) is 8.42 Å². The van der Waals surface area contributed by atoms with Crippen LogP contribution >= 0.6 is 0 Å². The van der Waals surface area contributed by atoms with E-state index in [9.17, 15) is 13.2 Å². The summed E-state index contributed by atoms with van der Waals surface area (Å²) in [6, 6.07) is 13.8. The zero-order chi connectivity index (χ0) is 21.2. The van der Waals surface area contributed by atoms with Crippen molar-refractivity contribution in [2.75, 3.05) is 18.4 Å². The highest BCUT2D eigenvalue weighted by atomic mass is 32.2. The Labute approximate surface area is 172 Å². The van der Waals surface area contributed by atoms with Crippen LogP contribution in [0.25, 0.3) is 0 Å². The van der Waals surface area contributed by atoms with Crippen molar-refractivity contribution >= 4 is 21.6 Å². The van der Waals surface area contributed by atoms with Crippen LogP contribution < -0.4 is 5.32 Å². The molecule has 1 aliphatic rings. The lowest BCUT2D eigenvalue weighted by Crippen LogP contribution is -2.48. The number of morpholine rings is 1. The molecule has 7 heteroatoms. The van der Waals surface area contributed by atoms with Crippen molar-refractivity contribution in [3.05, 3.63) is 59.7 Å². The third-order valence-electron chi connectivity index (χ3n) is 4.95. The van der Waals surface area contributed by atoms with E-state index in [1.807, 2.05) is 38.1 Å². The van der Waals surface area contributed by atoms with E-state index in [1.54, 1.807) is 12.1 Å². The monoisotopic (exact) mass is 416 g/mol. The molecule has 0 radical (unpaired) electrons. The van der Waals surface area contributed by atoms with Gasteiger partial charge in [-0.05, 0) is 61.7 Å². The normalized spacial score (nSPS) is 20.6. The number of hydrogen-bond acceptors (Lipinski definition) is 4. The van der Waals surface area contributed by atoms with Crippen LogP contribution in [0.3, 0.4) is 0 Å². The summed E-state index contributed by atoms with van der Waals surface area (Å²) in [6.45, 7) is 8.55. The molecule has 2 atom stereocenters. The van der Waals surface area contributed by atoms with Crippen LogP contribution in [0, 0.1) is 0 Å². The third kappa shape index (κ3) is 5.04. The summed E-state index contributed by atoms with van der Waals surface area (Å²) in [4.78, 5) is 12.7. The van der Waals surface area contributed by atoms with Gasteiger partial charge in [-0.15, -0.1) is 0 Å². The maximum absolute atomic E-state index is 12.9. The quantitative estimate of drug-likeness (QED) is 0.803. The SMILES string of the molecule is CC1CN(S(=O)(=O)c2ccc(C(=O)Nc3cccc(C(C)C)c3)cc2)CC(C)O1. The Morgan fingerprint density at radius 2 is 1.69 bits per heavy atom. The van der Waals surface area contributed by atoms with Gasteiger partial charge in [0, 0.05) is 24.3 Å². The maximum atomic E-state index is 12.9. The second-order valence-corrected chi connectivity index (χ2v) is 9.78. The van der Waals surface area contributed by atoms with Gasteiger partial charge in [0.25, 0.3) is 5.91 Å². The van der Waals surface area contributed by atoms with Gasteiger partial charge in [-0.1, -0.05) is 26.0 Å². The molecule has 1 heterocycles. The standard InChI is InChI=1S/C22H28N2O4S/c1-15(2)19-6-5-7-20(12-19)23-22(25)18-8-10-21(11-9-18)29(26,27)24-13-16(3)28-17(4)14-24/h5-12,15-17H,13-14H2,1-4H3,(H,23,25). The Balaban J connectivity index is 1.74. The van der Waals surface area contributed by atoms with Crippen LogP contribution in [0.4, 0.5) is 5.69 Å². The summed E-state index contributed by atoms with van der Waals surface area (Å²) in [7, 11) is -3.62. The predicted molar refractivity (Wildman–Crippen MR) is 114 cm³/mol. The van der Waals surface area contributed by atoms with E-state index in [0.717, 1.165) is 5.56 Å². The molecule has 1 fully saturated rings. The first-order chi connectivity index (χ1) is 13.7. The number of ether oxygens (including phenoxy) is 1. The largest absolute Gasteiger partial charge is 0.373 e. The lowest BCUT2D eigenvalue weighted by Gasteiger charge is -2.34. The molecule has 2 unspecified atom stereocenters. The van der Waals surface area contributed by atoms with Crippen molar-refractivity contribution < 1.29 is 17.9 Å². The number of sulfonamides is 1. The van der Waals surface area contributed by atoms with E-state index in [0.29, 0.717) is 30.3 Å². The molecule has 156 valence electrons. The van der Waals surface area contributed by atoms with Gasteiger partial charge in [-0.3, -0.25) is 4.79 Å². The van der Waals surface area contributed by atoms with E-state index in [-0.39, 0.29) is 23.0 Å². The number of benzene rings is 2. The molecule has 29 heavy (non-hydrogen) atoms. The van der Waals surface area contributed by atoms with E-state index < -0.39 is 10.0 Å². The van der Waals surface area contributed by atoms with E-state index in [1.165, 1.54) is 16.4 Å². The molecule has 3 rings (SSSR count). The molecular formula is C22H28N2O4S. The average molecular weight is 417 g/mol. The van der Waals surface area contributed by atoms with Crippen molar-refractivity contribution in [2.45, 2.75) is 50.7 Å². The molecule has 2 aromatic rings. The Kier molecular flexibility index (Phi) is 6.41. The van der Waals surface area contributed by atoms with Gasteiger partial charge < -0.3 is 10.1 Å². The highest BCUT2D eigenvalue weighted by Crippen LogP contribution is 2.22. The third-order valence-corrected chi connectivity index (χ3v) is 6.80. The summed E-state index contributed by atoms with van der Waals surface area (Å²) >= 11 is 0. The maximum Gasteiger partial charge on any atom is 0.255 e. The smallest absolute Gasteiger partial charge is 0.255 e. The zero-order valence-electron chi connectivity index (χ0n) is 17.3. The van der Waals surface area contributed by atoms with Crippen LogP contribution in [0.2, 0.25) is 0 Å². The number of rotatable bonds is 5. The molecule has 1 N–H and O–H groups in total. The lowest BCUT2D eigenvalue weighted by molar-refractivity contribution is -0.0440. The first kappa shape index (κ1) is 21.5. The molecule has 2 aromatic carbocycles. The van der Waals surface area contributed by atoms with E-state index in [2.05, 4.69) is 19.2 Å². The first-order valence-corrected chi connectivity index (χ1v) is 11.3. The number of amides is 1. The molecule has 6 nitrogen and oxygen atoms in total. The van der Waals surface area contributed by atoms with Crippen LogP contribution in [0.5, 0.6) is 0 Å². The molecule has 1 amide bonds. The Bertz CT molecular complexity index is 961. The highest BCUT2D eigenvalue weighted by molar-refractivity contribution is 7.89. The number of carbonyl (C=O) groups is 1. The minimum Gasteiger partial charge on any atom is -0.373 e. The molecule has 1 saturated heterocycles. The Morgan fingerprint density at radius 3 is 2.28 bits per heavy atom. The summed E-state index contributed by atoms with van der Waals surface area (Å²) in [5, 5.41) is 2.87. The number of carbonyl (C=O) groups excluding carboxylic acids is 1. The molecule has 0 saturated carbocycles. The second-order valence-electron chi connectivity index (χ2n) is 7.84. The van der Waals surface area contributed by atoms with E-state index >= 15 is 0 Å². The van der Waals surface area contributed by atoms with Gasteiger partial charge >= 0.3 is 0 Å². The average Bonchev–Trinajstić information content (AvgIpc) is 2.67. The van der Waals surface area contributed by atoms with Gasteiger partial charge in [0.2, 0.25) is 10.0 Å². The van der Waals surface area contributed by atoms with Crippen molar-refractivity contribution in [3.8, 4) is 0 Å². The van der Waals surface area contributed by atoms with Crippen molar-refractivity contribution in [1.29, 1.82) is 0 Å². The molecule has 0 spiro atoms. The molecule has 0 aromatic heterocycles. The number of nitrogens with zero attached hydrogens (tertiary/aromatic N) is 1. The van der Waals surface area contributed by atoms with Gasteiger partial charge in [0.05, 0.1) is 17.1 Å². The Morgan fingerprint density at radius 1 is 1.07 bits per heavy atom. The van der Waals surface area contributed by atoms with E-state index in [4.69, 9.17) is 4.74 Å². The summed E-state index contributed by atoms with van der Waals surface area (Å²) in [5.41, 5.74) is 2.26. The van der Waals surface area contributed by atoms with Crippen LogP contribution in [0.1, 0.15) is 49.5 Å². The number of nitrogens with one attached hydrogen (secondary N) is 1. The lowest BCUT2D eigenvalue weighted by atomic mass is 10.0. The molecule has 0 bridgehead atoms. The number of hydrogen-bond donors (Lipinski definition) is 1. The highest BCUT2D eigenvalue weighted by Gasteiger charge is 2.32. The molecule has 1 aliphatic heterocycles. The van der Waals surface area contributed by atoms with Gasteiger partial charge in [-0.2, -0.15) is 4.31 Å². The van der Waals surface area contributed by atoms with Gasteiger partial charge in [0.15, 0.2) is 0 Å². The van der Waals surface area contributed by atoms with Crippen molar-refractivity contribution in [2.24, 2.45) is 0 Å². The molecular weight excluding hydrogens is 388 g/mol. The minimum atomic E-state index is -3.62. The summed E-state index contributed by atoms with van der Waals surface area (Å²) in [5.74, 6) is 0.0884. The number of anilines is 1. The molecule has 0 aliphatic carbocycles. The Hall–Kier alpha value is -2.22. The zero-order valence-corrected chi connectivity index (χ0v) is 18.1. The predicted octanol–water partition coefficient (Wildman–Crippen LogP) is 3.86. The van der Waals surface area contributed by atoms with Gasteiger partial charge in [0.1, 0.15) is 0 Å². The second kappa shape index (κ2) is 8.65. The summed E-state index contributed by atoms with van der Waals surface area (Å²) < 4.78 is 32.9. The van der Waals surface area contributed by atoms with Crippen LogP contribution in [-0.4, -0.2) is 43.9 Å². The van der Waals surface area contributed by atoms with Crippen LogP contribution in [-0.2, 0) is 14.8 Å². The minimum absolute atomic E-state index is 0.153. The first-order valence-electron chi connectivity index (χ1n) is 9.84. The fraction of sp³-hybridized carbons (Fsp3) is 0.409. The fourth-order valence-electron chi connectivity index (χ4n) is 3.43. The summed E-state index contributed by atoms with van der Waals surface area (Å²) in [6.07, 6.45) is -0.305. The fourth-order valence-corrected chi connectivity index (χ4v) is 5.02. The topological polar surface area (TPSA) is 75.7 Å².